The Morgan fingerprint density at radius 2 is 2.29 bits per heavy atom. The topological polar surface area (TPSA) is 49.1 Å². The molecule has 0 fully saturated rings. The van der Waals surface area contributed by atoms with E-state index in [1.54, 1.807) is 22.4 Å². The average molecular weight is 352 g/mol. The third-order valence-electron chi connectivity index (χ3n) is 3.97. The molecule has 1 aliphatic rings. The Kier molecular flexibility index (Phi) is 2.48. The summed E-state index contributed by atoms with van der Waals surface area (Å²) in [5.41, 5.74) is 1.81. The number of pyridine rings is 1. The number of aromatic nitrogens is 3. The van der Waals surface area contributed by atoms with Gasteiger partial charge in [0.2, 0.25) is 0 Å². The normalized spacial score (nSPS) is 17.4. The predicted octanol–water partition coefficient (Wildman–Crippen LogP) is 2.74. The zero-order valence-electron chi connectivity index (χ0n) is 11.4. The highest BCUT2D eigenvalue weighted by Gasteiger charge is 2.26. The van der Waals surface area contributed by atoms with E-state index in [2.05, 4.69) is 20.9 Å². The predicted molar refractivity (Wildman–Crippen MR) is 80.3 cm³/mol. The van der Waals surface area contributed by atoms with Crippen LogP contribution < -0.4 is 10.4 Å². The molecule has 1 atom stereocenters. The van der Waals surface area contributed by atoms with Gasteiger partial charge >= 0.3 is 5.69 Å². The van der Waals surface area contributed by atoms with Crippen molar-refractivity contribution in [3.05, 3.63) is 33.0 Å². The van der Waals surface area contributed by atoms with Crippen LogP contribution in [0.25, 0.3) is 21.9 Å². The van der Waals surface area contributed by atoms with E-state index in [-0.39, 0.29) is 16.2 Å². The van der Waals surface area contributed by atoms with E-state index >= 15 is 0 Å². The highest BCUT2D eigenvalue weighted by atomic mass is 79.9. The molecule has 0 amide bonds. The average Bonchev–Trinajstić information content (AvgIpc) is 2.62. The van der Waals surface area contributed by atoms with Gasteiger partial charge in [-0.2, -0.15) is 0 Å². The smallest absolute Gasteiger partial charge is 0.329 e. The molecule has 0 aliphatic carbocycles. The van der Waals surface area contributed by atoms with Gasteiger partial charge < -0.3 is 4.74 Å². The van der Waals surface area contributed by atoms with Crippen LogP contribution in [0.4, 0.5) is 4.39 Å². The summed E-state index contributed by atoms with van der Waals surface area (Å²) in [6.07, 6.45) is 1.60. The second kappa shape index (κ2) is 4.07. The molecular weight excluding hydrogens is 341 g/mol. The number of hydrogen-bond acceptors (Lipinski definition) is 3. The van der Waals surface area contributed by atoms with Crippen LogP contribution in [0.2, 0.25) is 0 Å². The van der Waals surface area contributed by atoms with Crippen molar-refractivity contribution >= 4 is 37.9 Å². The van der Waals surface area contributed by atoms with Gasteiger partial charge in [0.1, 0.15) is 18.2 Å². The Bertz CT molecular complexity index is 976. The van der Waals surface area contributed by atoms with Crippen LogP contribution in [0.3, 0.4) is 0 Å². The van der Waals surface area contributed by atoms with Gasteiger partial charge in [0.05, 0.1) is 38.6 Å². The molecule has 0 radical (unpaired) electrons. The number of nitrogens with zero attached hydrogens (tertiary/aromatic N) is 3. The van der Waals surface area contributed by atoms with Crippen molar-refractivity contribution in [1.29, 1.82) is 0 Å². The summed E-state index contributed by atoms with van der Waals surface area (Å²) in [4.78, 5) is 16.7. The first kappa shape index (κ1) is 12.8. The number of benzene rings is 1. The SMILES string of the molecule is C[C@H]1COc2c(Br)c(F)cc3ncc4c(c23)n1c(=O)n4C. The van der Waals surface area contributed by atoms with Gasteiger partial charge in [-0.25, -0.2) is 9.18 Å². The molecular formula is C14H11BrFN3O2. The molecule has 1 aliphatic heterocycles. The van der Waals surface area contributed by atoms with Crippen molar-refractivity contribution in [2.24, 2.45) is 7.05 Å². The Morgan fingerprint density at radius 1 is 1.52 bits per heavy atom. The third-order valence-corrected chi connectivity index (χ3v) is 4.70. The highest BCUT2D eigenvalue weighted by molar-refractivity contribution is 9.10. The maximum atomic E-state index is 14.0. The number of hydrogen-bond donors (Lipinski definition) is 0. The van der Waals surface area contributed by atoms with Gasteiger partial charge in [0, 0.05) is 13.1 Å². The summed E-state index contributed by atoms with van der Waals surface area (Å²) in [5, 5.41) is 0.669. The van der Waals surface area contributed by atoms with Crippen molar-refractivity contribution < 1.29 is 9.13 Å². The molecule has 5 nitrogen and oxygen atoms in total. The third kappa shape index (κ3) is 1.49. The van der Waals surface area contributed by atoms with E-state index in [9.17, 15) is 9.18 Å². The number of aryl methyl sites for hydroxylation is 1. The molecule has 0 saturated heterocycles. The highest BCUT2D eigenvalue weighted by Crippen LogP contribution is 2.41. The van der Waals surface area contributed by atoms with Crippen LogP contribution in [0, 0.1) is 5.82 Å². The van der Waals surface area contributed by atoms with Crippen LogP contribution in [-0.4, -0.2) is 20.7 Å². The molecule has 21 heavy (non-hydrogen) atoms. The summed E-state index contributed by atoms with van der Waals surface area (Å²) in [6, 6.07) is 1.21. The Morgan fingerprint density at radius 3 is 3.05 bits per heavy atom. The molecule has 7 heteroatoms. The minimum absolute atomic E-state index is 0.122. The molecule has 0 bridgehead atoms. The van der Waals surface area contributed by atoms with Gasteiger partial charge in [-0.15, -0.1) is 0 Å². The summed E-state index contributed by atoms with van der Waals surface area (Å²) in [6.45, 7) is 2.20. The lowest BCUT2D eigenvalue weighted by Crippen LogP contribution is -2.27. The number of halogens is 2. The van der Waals surface area contributed by atoms with E-state index < -0.39 is 5.82 Å². The van der Waals surface area contributed by atoms with Gasteiger partial charge in [0.25, 0.3) is 0 Å². The maximum Gasteiger partial charge on any atom is 0.329 e. The summed E-state index contributed by atoms with van der Waals surface area (Å²) in [5.74, 6) is -0.0180. The lowest BCUT2D eigenvalue weighted by molar-refractivity contribution is 0.265. The van der Waals surface area contributed by atoms with Crippen LogP contribution in [0.5, 0.6) is 5.75 Å². The summed E-state index contributed by atoms with van der Waals surface area (Å²) >= 11 is 3.23. The first-order chi connectivity index (χ1) is 10.0. The molecule has 3 aromatic rings. The van der Waals surface area contributed by atoms with E-state index in [4.69, 9.17) is 4.74 Å². The second-order valence-corrected chi connectivity index (χ2v) is 6.05. The molecule has 2 aromatic heterocycles. The maximum absolute atomic E-state index is 14.0. The minimum Gasteiger partial charge on any atom is -0.489 e. The van der Waals surface area contributed by atoms with Crippen molar-refractivity contribution in [3.63, 3.8) is 0 Å². The van der Waals surface area contributed by atoms with Crippen LogP contribution in [0.15, 0.2) is 21.5 Å². The molecule has 0 spiro atoms. The second-order valence-electron chi connectivity index (χ2n) is 5.26. The Labute approximate surface area is 127 Å². The Hall–Kier alpha value is -1.89. The molecule has 4 rings (SSSR count). The molecule has 3 heterocycles. The summed E-state index contributed by atoms with van der Waals surface area (Å²) in [7, 11) is 1.71. The fourth-order valence-corrected chi connectivity index (χ4v) is 3.34. The largest absolute Gasteiger partial charge is 0.489 e. The Balaban J connectivity index is 2.38. The molecule has 0 N–H and O–H groups in total. The first-order valence-corrected chi connectivity index (χ1v) is 7.30. The zero-order valence-corrected chi connectivity index (χ0v) is 12.9. The standard InChI is InChI=1S/C14H11BrFN3O2/c1-6-5-21-13-10-8(3-7(16)11(13)15)17-4-9-12(10)19(6)14(20)18(9)2/h3-4,6H,5H2,1-2H3/t6-/m0/s1. The van der Waals surface area contributed by atoms with E-state index in [1.807, 2.05) is 6.92 Å². The molecule has 0 saturated carbocycles. The number of ether oxygens (including phenoxy) is 1. The van der Waals surface area contributed by atoms with Gasteiger partial charge in [0.15, 0.2) is 0 Å². The lowest BCUT2D eigenvalue weighted by Gasteiger charge is -2.12. The molecule has 0 unspecified atom stereocenters. The lowest BCUT2D eigenvalue weighted by atomic mass is 10.1. The van der Waals surface area contributed by atoms with Crippen molar-refractivity contribution in [2.45, 2.75) is 13.0 Å². The molecule has 1 aromatic carbocycles. The van der Waals surface area contributed by atoms with Gasteiger partial charge in [-0.3, -0.25) is 14.1 Å². The van der Waals surface area contributed by atoms with Crippen molar-refractivity contribution in [3.8, 4) is 5.75 Å². The number of imidazole rings is 1. The monoisotopic (exact) mass is 351 g/mol. The zero-order chi connectivity index (χ0) is 14.9. The van der Waals surface area contributed by atoms with E-state index in [0.29, 0.717) is 28.8 Å². The van der Waals surface area contributed by atoms with E-state index in [1.165, 1.54) is 6.07 Å². The fraction of sp³-hybridized carbons (Fsp3) is 0.286. The van der Waals surface area contributed by atoms with Crippen LogP contribution in [-0.2, 0) is 7.05 Å². The van der Waals surface area contributed by atoms with Crippen molar-refractivity contribution in [2.75, 3.05) is 6.61 Å². The number of rotatable bonds is 0. The first-order valence-electron chi connectivity index (χ1n) is 6.51. The quantitative estimate of drug-likeness (QED) is 0.625. The molecule has 108 valence electrons. The van der Waals surface area contributed by atoms with E-state index in [0.717, 1.165) is 5.52 Å². The van der Waals surface area contributed by atoms with Crippen LogP contribution in [0.1, 0.15) is 13.0 Å². The van der Waals surface area contributed by atoms with Gasteiger partial charge in [-0.1, -0.05) is 0 Å². The fourth-order valence-electron chi connectivity index (χ4n) is 2.91. The minimum atomic E-state index is -0.427. The van der Waals surface area contributed by atoms with Gasteiger partial charge in [-0.05, 0) is 22.9 Å². The van der Waals surface area contributed by atoms with Crippen molar-refractivity contribution in [1.82, 2.24) is 14.1 Å². The summed E-state index contributed by atoms with van der Waals surface area (Å²) < 4.78 is 23.3. The van der Waals surface area contributed by atoms with Crippen LogP contribution >= 0.6 is 15.9 Å².